The van der Waals surface area contributed by atoms with E-state index in [1.807, 2.05) is 36.4 Å². The van der Waals surface area contributed by atoms with Crippen molar-refractivity contribution in [3.05, 3.63) is 60.6 Å². The van der Waals surface area contributed by atoms with Gasteiger partial charge in [-0.2, -0.15) is 0 Å². The number of imidazole rings is 1. The maximum Gasteiger partial charge on any atom is 0.354 e. The Morgan fingerprint density at radius 2 is 1.81 bits per heavy atom. The Morgan fingerprint density at radius 1 is 1.10 bits per heavy atom. The SMILES string of the molecule is Cn1c(-c2cccnc2)nc(-c2ccccc2)c1C(=O)O. The lowest BCUT2D eigenvalue weighted by Gasteiger charge is -2.03. The maximum absolute atomic E-state index is 11.6. The Morgan fingerprint density at radius 3 is 2.43 bits per heavy atom. The van der Waals surface area contributed by atoms with E-state index in [9.17, 15) is 9.90 Å². The van der Waals surface area contributed by atoms with E-state index >= 15 is 0 Å². The van der Waals surface area contributed by atoms with Gasteiger partial charge < -0.3 is 9.67 Å². The minimum atomic E-state index is -1.00. The van der Waals surface area contributed by atoms with E-state index in [4.69, 9.17) is 0 Å². The fourth-order valence-corrected chi connectivity index (χ4v) is 2.29. The van der Waals surface area contributed by atoms with Crippen molar-refractivity contribution in [3.63, 3.8) is 0 Å². The Balaban J connectivity index is 2.24. The first kappa shape index (κ1) is 13.1. The number of hydrogen-bond donors (Lipinski definition) is 1. The van der Waals surface area contributed by atoms with Crippen LogP contribution in [-0.2, 0) is 7.05 Å². The number of aromatic nitrogens is 3. The van der Waals surface area contributed by atoms with Gasteiger partial charge >= 0.3 is 5.97 Å². The van der Waals surface area contributed by atoms with E-state index in [0.717, 1.165) is 11.1 Å². The summed E-state index contributed by atoms with van der Waals surface area (Å²) in [5.41, 5.74) is 2.19. The van der Waals surface area contributed by atoms with Crippen LogP contribution < -0.4 is 0 Å². The van der Waals surface area contributed by atoms with E-state index in [-0.39, 0.29) is 5.69 Å². The molecular weight excluding hydrogens is 266 g/mol. The third-order valence-electron chi connectivity index (χ3n) is 3.26. The average molecular weight is 279 g/mol. The normalized spacial score (nSPS) is 10.5. The van der Waals surface area contributed by atoms with Crippen molar-refractivity contribution in [1.82, 2.24) is 14.5 Å². The molecule has 2 heterocycles. The topological polar surface area (TPSA) is 68.0 Å². The molecule has 0 atom stereocenters. The molecule has 1 aromatic carbocycles. The number of aromatic carboxylic acids is 1. The molecule has 1 N–H and O–H groups in total. The highest BCUT2D eigenvalue weighted by molar-refractivity contribution is 5.94. The molecule has 5 nitrogen and oxygen atoms in total. The zero-order chi connectivity index (χ0) is 14.8. The quantitative estimate of drug-likeness (QED) is 0.800. The summed E-state index contributed by atoms with van der Waals surface area (Å²) in [5.74, 6) is -0.418. The molecule has 0 radical (unpaired) electrons. The van der Waals surface area contributed by atoms with Crippen LogP contribution in [0.15, 0.2) is 54.9 Å². The Bertz CT molecular complexity index is 780. The standard InChI is InChI=1S/C16H13N3O2/c1-19-14(16(20)21)13(11-6-3-2-4-7-11)18-15(19)12-8-5-9-17-10-12/h2-10H,1H3,(H,20,21). The Kier molecular flexibility index (Phi) is 3.23. The molecule has 0 aliphatic heterocycles. The van der Waals surface area contributed by atoms with Crippen LogP contribution >= 0.6 is 0 Å². The van der Waals surface area contributed by atoms with Crippen molar-refractivity contribution >= 4 is 5.97 Å². The molecule has 0 unspecified atom stereocenters. The second kappa shape index (κ2) is 5.20. The number of carboxylic acid groups (broad SMARTS) is 1. The Hall–Kier alpha value is -2.95. The third-order valence-corrected chi connectivity index (χ3v) is 3.26. The minimum Gasteiger partial charge on any atom is -0.477 e. The van der Waals surface area contributed by atoms with Crippen molar-refractivity contribution in [1.29, 1.82) is 0 Å². The van der Waals surface area contributed by atoms with Crippen LogP contribution in [0.25, 0.3) is 22.6 Å². The molecular formula is C16H13N3O2. The summed E-state index contributed by atoms with van der Waals surface area (Å²) in [4.78, 5) is 20.2. The Labute approximate surface area is 121 Å². The molecule has 21 heavy (non-hydrogen) atoms. The highest BCUT2D eigenvalue weighted by atomic mass is 16.4. The second-order valence-corrected chi connectivity index (χ2v) is 4.60. The van der Waals surface area contributed by atoms with Gasteiger partial charge in [-0.3, -0.25) is 4.98 Å². The lowest BCUT2D eigenvalue weighted by atomic mass is 10.1. The molecule has 3 rings (SSSR count). The molecule has 0 aliphatic carbocycles. The van der Waals surface area contributed by atoms with Gasteiger partial charge in [-0.1, -0.05) is 30.3 Å². The van der Waals surface area contributed by atoms with Gasteiger partial charge in [0.2, 0.25) is 0 Å². The number of nitrogens with zero attached hydrogens (tertiary/aromatic N) is 3. The first-order chi connectivity index (χ1) is 10.2. The van der Waals surface area contributed by atoms with Gasteiger partial charge in [0.25, 0.3) is 0 Å². The lowest BCUT2D eigenvalue weighted by Crippen LogP contribution is -2.06. The van der Waals surface area contributed by atoms with E-state index in [0.29, 0.717) is 11.5 Å². The first-order valence-corrected chi connectivity index (χ1v) is 6.44. The molecule has 104 valence electrons. The van der Waals surface area contributed by atoms with Crippen LogP contribution in [0.5, 0.6) is 0 Å². The van der Waals surface area contributed by atoms with E-state index < -0.39 is 5.97 Å². The van der Waals surface area contributed by atoms with Gasteiger partial charge in [0, 0.05) is 30.6 Å². The van der Waals surface area contributed by atoms with Gasteiger partial charge in [0.05, 0.1) is 0 Å². The van der Waals surface area contributed by atoms with Crippen LogP contribution in [0.1, 0.15) is 10.5 Å². The van der Waals surface area contributed by atoms with Crippen LogP contribution in [0.2, 0.25) is 0 Å². The zero-order valence-electron chi connectivity index (χ0n) is 11.4. The predicted octanol–water partition coefficient (Wildman–Crippen LogP) is 2.85. The average Bonchev–Trinajstić information content (AvgIpc) is 2.87. The molecule has 0 bridgehead atoms. The van der Waals surface area contributed by atoms with Crippen LogP contribution in [-0.4, -0.2) is 25.6 Å². The van der Waals surface area contributed by atoms with Gasteiger partial charge in [-0.25, -0.2) is 9.78 Å². The zero-order valence-corrected chi connectivity index (χ0v) is 11.4. The summed E-state index contributed by atoms with van der Waals surface area (Å²) in [7, 11) is 1.70. The number of carboxylic acids is 1. The number of hydrogen-bond acceptors (Lipinski definition) is 3. The molecule has 0 amide bonds. The number of rotatable bonds is 3. The van der Waals surface area contributed by atoms with Gasteiger partial charge in [-0.05, 0) is 12.1 Å². The molecule has 0 fully saturated rings. The minimum absolute atomic E-state index is 0.167. The molecule has 0 saturated carbocycles. The molecule has 2 aromatic heterocycles. The largest absolute Gasteiger partial charge is 0.477 e. The summed E-state index contributed by atoms with van der Waals surface area (Å²) >= 11 is 0. The van der Waals surface area contributed by atoms with Crippen LogP contribution in [0, 0.1) is 0 Å². The molecule has 0 aliphatic rings. The van der Waals surface area contributed by atoms with Gasteiger partial charge in [0.15, 0.2) is 5.69 Å². The van der Waals surface area contributed by atoms with Crippen LogP contribution in [0.4, 0.5) is 0 Å². The monoisotopic (exact) mass is 279 g/mol. The fraction of sp³-hybridized carbons (Fsp3) is 0.0625. The number of carbonyl (C=O) groups is 1. The van der Waals surface area contributed by atoms with Crippen molar-refractivity contribution in [2.45, 2.75) is 0 Å². The summed E-state index contributed by atoms with van der Waals surface area (Å²) in [5, 5.41) is 9.49. The number of pyridine rings is 1. The van der Waals surface area contributed by atoms with Gasteiger partial charge in [0.1, 0.15) is 11.5 Å². The highest BCUT2D eigenvalue weighted by Crippen LogP contribution is 2.28. The summed E-state index contributed by atoms with van der Waals surface area (Å²) in [6.45, 7) is 0. The van der Waals surface area contributed by atoms with Gasteiger partial charge in [-0.15, -0.1) is 0 Å². The fourth-order valence-electron chi connectivity index (χ4n) is 2.29. The third kappa shape index (κ3) is 2.29. The molecule has 0 saturated heterocycles. The first-order valence-electron chi connectivity index (χ1n) is 6.44. The second-order valence-electron chi connectivity index (χ2n) is 4.60. The lowest BCUT2D eigenvalue weighted by molar-refractivity contribution is 0.0687. The van der Waals surface area contributed by atoms with Crippen molar-refractivity contribution in [3.8, 4) is 22.6 Å². The maximum atomic E-state index is 11.6. The van der Waals surface area contributed by atoms with Crippen molar-refractivity contribution in [2.24, 2.45) is 7.05 Å². The summed E-state index contributed by atoms with van der Waals surface area (Å²) in [6.07, 6.45) is 3.34. The smallest absolute Gasteiger partial charge is 0.354 e. The van der Waals surface area contributed by atoms with E-state index in [1.165, 1.54) is 0 Å². The van der Waals surface area contributed by atoms with E-state index in [2.05, 4.69) is 9.97 Å². The van der Waals surface area contributed by atoms with Crippen molar-refractivity contribution in [2.75, 3.05) is 0 Å². The number of benzene rings is 1. The predicted molar refractivity (Wildman–Crippen MR) is 78.8 cm³/mol. The molecule has 5 heteroatoms. The summed E-state index contributed by atoms with van der Waals surface area (Å²) < 4.78 is 1.58. The molecule has 3 aromatic rings. The van der Waals surface area contributed by atoms with E-state index in [1.54, 1.807) is 30.1 Å². The summed E-state index contributed by atoms with van der Waals surface area (Å²) in [6, 6.07) is 13.0. The van der Waals surface area contributed by atoms with Crippen molar-refractivity contribution < 1.29 is 9.90 Å². The molecule has 0 spiro atoms. The van der Waals surface area contributed by atoms with Crippen LogP contribution in [0.3, 0.4) is 0 Å². The highest BCUT2D eigenvalue weighted by Gasteiger charge is 2.22.